The molecule has 4 nitrogen and oxygen atoms in total. The van der Waals surface area contributed by atoms with Gasteiger partial charge < -0.3 is 14.7 Å². The van der Waals surface area contributed by atoms with Gasteiger partial charge in [0, 0.05) is 24.2 Å². The van der Waals surface area contributed by atoms with E-state index in [9.17, 15) is 9.90 Å². The van der Waals surface area contributed by atoms with Gasteiger partial charge in [-0.05, 0) is 37.9 Å². The number of carbonyl (C=O) groups excluding carboxylic acids is 1. The Morgan fingerprint density at radius 2 is 1.65 bits per heavy atom. The second-order valence-corrected chi connectivity index (χ2v) is 6.60. The molecule has 0 saturated carbocycles. The lowest BCUT2D eigenvalue weighted by Crippen LogP contribution is -2.41. The predicted octanol–water partition coefficient (Wildman–Crippen LogP) is 2.56. The number of esters is 1. The number of carbonyl (C=O) groups is 1. The van der Waals surface area contributed by atoms with Gasteiger partial charge >= 0.3 is 5.97 Å². The Labute approximate surface area is 154 Å². The molecule has 3 rings (SSSR count). The van der Waals surface area contributed by atoms with E-state index in [1.165, 1.54) is 0 Å². The summed E-state index contributed by atoms with van der Waals surface area (Å²) in [7, 11) is 2.05. The molecule has 2 aromatic rings. The molecule has 4 heteroatoms. The van der Waals surface area contributed by atoms with E-state index >= 15 is 0 Å². The van der Waals surface area contributed by atoms with Gasteiger partial charge in [0.1, 0.15) is 6.10 Å². The van der Waals surface area contributed by atoms with Crippen molar-refractivity contribution in [2.45, 2.75) is 24.5 Å². The van der Waals surface area contributed by atoms with Crippen molar-refractivity contribution >= 4 is 5.97 Å². The molecule has 1 saturated heterocycles. The van der Waals surface area contributed by atoms with Crippen molar-refractivity contribution in [1.82, 2.24) is 4.90 Å². The molecule has 1 fully saturated rings. The Morgan fingerprint density at radius 1 is 1.08 bits per heavy atom. The Bertz CT molecular complexity index is 786. The molecule has 1 unspecified atom stereocenters. The van der Waals surface area contributed by atoms with Crippen LogP contribution in [0.25, 0.3) is 0 Å². The average molecular weight is 349 g/mol. The summed E-state index contributed by atoms with van der Waals surface area (Å²) in [5, 5.41) is 11.1. The lowest BCUT2D eigenvalue weighted by Gasteiger charge is -2.30. The van der Waals surface area contributed by atoms with Gasteiger partial charge in [0.05, 0.1) is 0 Å². The first kappa shape index (κ1) is 18.2. The van der Waals surface area contributed by atoms with Crippen molar-refractivity contribution in [3.63, 3.8) is 0 Å². The van der Waals surface area contributed by atoms with Gasteiger partial charge in [-0.1, -0.05) is 54.5 Å². The maximum Gasteiger partial charge on any atom is 0.356 e. The lowest BCUT2D eigenvalue weighted by atomic mass is 9.93. The Kier molecular flexibility index (Phi) is 5.72. The molecule has 0 spiro atoms. The third-order valence-corrected chi connectivity index (χ3v) is 4.59. The fraction of sp³-hybridized carbons (Fsp3) is 0.318. The number of nitrogens with zero attached hydrogens (tertiary/aromatic N) is 1. The van der Waals surface area contributed by atoms with Gasteiger partial charge in [-0.2, -0.15) is 0 Å². The number of aliphatic hydroxyl groups is 1. The van der Waals surface area contributed by atoms with Crippen molar-refractivity contribution in [2.24, 2.45) is 0 Å². The zero-order valence-electron chi connectivity index (χ0n) is 14.9. The Balaban J connectivity index is 1.86. The summed E-state index contributed by atoms with van der Waals surface area (Å²) >= 11 is 0. The zero-order valence-corrected chi connectivity index (χ0v) is 14.9. The van der Waals surface area contributed by atoms with Crippen LogP contribution in [0.3, 0.4) is 0 Å². The minimum Gasteiger partial charge on any atom is -0.459 e. The van der Waals surface area contributed by atoms with E-state index in [4.69, 9.17) is 4.74 Å². The summed E-state index contributed by atoms with van der Waals surface area (Å²) in [6.07, 6.45) is 1.34. The second kappa shape index (κ2) is 8.18. The Hall–Kier alpha value is -2.61. The average Bonchev–Trinajstić information content (AvgIpc) is 2.69. The van der Waals surface area contributed by atoms with E-state index < -0.39 is 11.6 Å². The highest BCUT2D eigenvalue weighted by Crippen LogP contribution is 2.25. The molecular weight excluding hydrogens is 326 g/mol. The molecule has 134 valence electrons. The third kappa shape index (κ3) is 4.32. The van der Waals surface area contributed by atoms with Gasteiger partial charge in [0.25, 0.3) is 5.60 Å². The molecule has 1 N–H and O–H groups in total. The topological polar surface area (TPSA) is 49.8 Å². The highest BCUT2D eigenvalue weighted by Gasteiger charge is 2.39. The standard InChI is InChI=1S/C22H23NO3/c1-23-16-13-20(14-17-23)26-21(24)22(25,19-10-6-3-7-11-19)15-12-18-8-4-2-5-9-18/h2-11,20,25H,13-14,16-17H2,1H3. The predicted molar refractivity (Wildman–Crippen MR) is 100 cm³/mol. The van der Waals surface area contributed by atoms with E-state index in [0.29, 0.717) is 5.56 Å². The number of hydrogen-bond donors (Lipinski definition) is 1. The number of likely N-dealkylation sites (tertiary alicyclic amines) is 1. The third-order valence-electron chi connectivity index (χ3n) is 4.59. The summed E-state index contributed by atoms with van der Waals surface area (Å²) in [4.78, 5) is 15.0. The Morgan fingerprint density at radius 3 is 2.27 bits per heavy atom. The van der Waals surface area contributed by atoms with Crippen LogP contribution in [0.2, 0.25) is 0 Å². The first-order valence-electron chi connectivity index (χ1n) is 8.84. The maximum absolute atomic E-state index is 12.8. The highest BCUT2D eigenvalue weighted by molar-refractivity contribution is 5.85. The fourth-order valence-corrected chi connectivity index (χ4v) is 2.94. The van der Waals surface area contributed by atoms with Crippen LogP contribution in [0.5, 0.6) is 0 Å². The minimum atomic E-state index is -1.99. The van der Waals surface area contributed by atoms with Crippen molar-refractivity contribution in [1.29, 1.82) is 0 Å². The lowest BCUT2D eigenvalue weighted by molar-refractivity contribution is -0.168. The molecule has 0 amide bonds. The molecule has 1 atom stereocenters. The quantitative estimate of drug-likeness (QED) is 0.683. The van der Waals surface area contributed by atoms with Gasteiger partial charge in [-0.25, -0.2) is 4.79 Å². The molecule has 1 aliphatic heterocycles. The molecule has 26 heavy (non-hydrogen) atoms. The molecule has 1 heterocycles. The largest absolute Gasteiger partial charge is 0.459 e. The van der Waals surface area contributed by atoms with E-state index in [1.807, 2.05) is 43.4 Å². The number of piperidine rings is 1. The summed E-state index contributed by atoms with van der Waals surface area (Å²) < 4.78 is 5.63. The van der Waals surface area contributed by atoms with Gasteiger partial charge in [0.15, 0.2) is 0 Å². The van der Waals surface area contributed by atoms with Crippen molar-refractivity contribution in [3.8, 4) is 11.8 Å². The summed E-state index contributed by atoms with van der Waals surface area (Å²) in [6.45, 7) is 1.74. The van der Waals surface area contributed by atoms with Crippen LogP contribution >= 0.6 is 0 Å². The molecular formula is C22H23NO3. The van der Waals surface area contributed by atoms with Gasteiger partial charge in [0.2, 0.25) is 0 Å². The van der Waals surface area contributed by atoms with Gasteiger partial charge in [-0.15, -0.1) is 0 Å². The first-order valence-corrected chi connectivity index (χ1v) is 8.84. The fourth-order valence-electron chi connectivity index (χ4n) is 2.94. The number of hydrogen-bond acceptors (Lipinski definition) is 4. The van der Waals surface area contributed by atoms with Crippen LogP contribution in [0.4, 0.5) is 0 Å². The summed E-state index contributed by atoms with van der Waals surface area (Å²) in [6, 6.07) is 18.0. The van der Waals surface area contributed by atoms with Crippen LogP contribution in [0, 0.1) is 11.8 Å². The zero-order chi connectivity index (χ0) is 18.4. The molecule has 0 aromatic heterocycles. The van der Waals surface area contributed by atoms with E-state index in [0.717, 1.165) is 31.5 Å². The van der Waals surface area contributed by atoms with E-state index in [2.05, 4.69) is 16.7 Å². The normalized spacial score (nSPS) is 17.6. The molecule has 2 aromatic carbocycles. The molecule has 0 aliphatic carbocycles. The molecule has 0 bridgehead atoms. The second-order valence-electron chi connectivity index (χ2n) is 6.60. The number of benzene rings is 2. The van der Waals surface area contributed by atoms with Crippen LogP contribution in [-0.4, -0.2) is 42.2 Å². The SMILES string of the molecule is CN1CCC(OC(=O)C(O)(C#Cc2ccccc2)c2ccccc2)CC1. The van der Waals surface area contributed by atoms with Crippen molar-refractivity contribution in [3.05, 3.63) is 71.8 Å². The van der Waals surface area contributed by atoms with Gasteiger partial charge in [-0.3, -0.25) is 0 Å². The monoisotopic (exact) mass is 349 g/mol. The maximum atomic E-state index is 12.8. The van der Waals surface area contributed by atoms with E-state index in [1.54, 1.807) is 24.3 Å². The summed E-state index contributed by atoms with van der Waals surface area (Å²) in [5.74, 6) is 4.94. The van der Waals surface area contributed by atoms with E-state index in [-0.39, 0.29) is 6.10 Å². The smallest absolute Gasteiger partial charge is 0.356 e. The molecule has 0 radical (unpaired) electrons. The number of rotatable bonds is 3. The highest BCUT2D eigenvalue weighted by atomic mass is 16.6. The van der Waals surface area contributed by atoms with Crippen LogP contribution in [-0.2, 0) is 15.1 Å². The van der Waals surface area contributed by atoms with Crippen LogP contribution in [0.15, 0.2) is 60.7 Å². The summed E-state index contributed by atoms with van der Waals surface area (Å²) in [5.41, 5.74) is -0.837. The first-order chi connectivity index (χ1) is 12.6. The van der Waals surface area contributed by atoms with Crippen molar-refractivity contribution in [2.75, 3.05) is 20.1 Å². The van der Waals surface area contributed by atoms with Crippen molar-refractivity contribution < 1.29 is 14.6 Å². The van der Waals surface area contributed by atoms with Crippen LogP contribution < -0.4 is 0 Å². The molecule has 1 aliphatic rings. The van der Waals surface area contributed by atoms with Crippen LogP contribution in [0.1, 0.15) is 24.0 Å². The number of ether oxygens (including phenoxy) is 1. The minimum absolute atomic E-state index is 0.188.